The largest absolute Gasteiger partial charge is 0.334 e. The molecule has 1 saturated carbocycles. The van der Waals surface area contributed by atoms with E-state index in [2.05, 4.69) is 10.6 Å². The summed E-state index contributed by atoms with van der Waals surface area (Å²) in [6.45, 7) is 0. The van der Waals surface area contributed by atoms with Crippen LogP contribution in [0, 0.1) is 11.3 Å². The molecule has 2 atom stereocenters. The summed E-state index contributed by atoms with van der Waals surface area (Å²) in [4.78, 5) is 11.4. The van der Waals surface area contributed by atoms with Gasteiger partial charge in [-0.15, -0.1) is 0 Å². The Balaban J connectivity index is 1.88. The summed E-state index contributed by atoms with van der Waals surface area (Å²) >= 11 is 0. The minimum Gasteiger partial charge on any atom is -0.334 e. The number of nitriles is 1. The van der Waals surface area contributed by atoms with Crippen LogP contribution in [0.3, 0.4) is 0 Å². The average Bonchev–Trinajstić information content (AvgIpc) is 2.95. The first kappa shape index (κ1) is 10.5. The van der Waals surface area contributed by atoms with Gasteiger partial charge in [-0.2, -0.15) is 5.26 Å². The van der Waals surface area contributed by atoms with Gasteiger partial charge >= 0.3 is 6.03 Å². The molecular weight excluding hydrogens is 204 g/mol. The lowest BCUT2D eigenvalue weighted by Crippen LogP contribution is -2.33. The van der Waals surface area contributed by atoms with Crippen molar-refractivity contribution < 1.29 is 4.79 Å². The Kier molecular flexibility index (Phi) is 2.75. The van der Waals surface area contributed by atoms with Gasteiger partial charge in [0.05, 0.1) is 11.6 Å². The maximum atomic E-state index is 11.4. The minimum absolute atomic E-state index is 0.0896. The smallest absolute Gasteiger partial charge is 0.319 e. The lowest BCUT2D eigenvalue weighted by atomic mass is 10.2. The molecule has 1 aliphatic carbocycles. The Hall–Kier alpha value is -2.06. The summed E-state index contributed by atoms with van der Waals surface area (Å²) in [6.07, 6.45) is 0.834. The molecule has 1 fully saturated rings. The monoisotopic (exact) mass is 216 g/mol. The minimum atomic E-state index is -0.261. The second kappa shape index (κ2) is 4.21. The molecule has 5 nitrogen and oxygen atoms in total. The van der Waals surface area contributed by atoms with Crippen molar-refractivity contribution in [1.82, 2.24) is 5.32 Å². The van der Waals surface area contributed by atoms with E-state index >= 15 is 0 Å². The first-order valence-corrected chi connectivity index (χ1v) is 5.02. The second-order valence-electron chi connectivity index (χ2n) is 3.79. The molecule has 2 unspecified atom stereocenters. The van der Waals surface area contributed by atoms with Crippen LogP contribution in [0.25, 0.3) is 0 Å². The summed E-state index contributed by atoms with van der Waals surface area (Å²) in [5, 5.41) is 14.0. The molecular formula is C11H12N4O. The molecule has 2 rings (SSSR count). The van der Waals surface area contributed by atoms with Crippen molar-refractivity contribution >= 4 is 11.7 Å². The number of carbonyl (C=O) groups excluding carboxylic acids is 1. The van der Waals surface area contributed by atoms with Crippen molar-refractivity contribution in [2.24, 2.45) is 5.73 Å². The van der Waals surface area contributed by atoms with E-state index < -0.39 is 0 Å². The van der Waals surface area contributed by atoms with E-state index in [-0.39, 0.29) is 18.1 Å². The zero-order chi connectivity index (χ0) is 11.5. The summed E-state index contributed by atoms with van der Waals surface area (Å²) in [6, 6.07) is 8.61. The van der Waals surface area contributed by atoms with E-state index in [1.807, 2.05) is 6.07 Å². The number of hydrogen-bond donors (Lipinski definition) is 3. The van der Waals surface area contributed by atoms with E-state index in [1.165, 1.54) is 0 Å². The molecule has 0 aromatic heterocycles. The normalized spacial score (nSPS) is 22.0. The third-order valence-electron chi connectivity index (χ3n) is 2.43. The molecule has 0 radical (unpaired) electrons. The van der Waals surface area contributed by atoms with Crippen LogP contribution in [0.1, 0.15) is 12.0 Å². The maximum absolute atomic E-state index is 11.4. The highest BCUT2D eigenvalue weighted by Crippen LogP contribution is 2.18. The Bertz CT molecular complexity index is 434. The fraction of sp³-hybridized carbons (Fsp3) is 0.273. The van der Waals surface area contributed by atoms with Crippen molar-refractivity contribution in [2.45, 2.75) is 18.5 Å². The first-order chi connectivity index (χ1) is 7.69. The number of amides is 2. The van der Waals surface area contributed by atoms with Crippen LogP contribution in [-0.4, -0.2) is 18.1 Å². The van der Waals surface area contributed by atoms with Crippen molar-refractivity contribution in [3.05, 3.63) is 29.8 Å². The Labute approximate surface area is 93.2 Å². The summed E-state index contributed by atoms with van der Waals surface area (Å²) in [7, 11) is 0. The first-order valence-electron chi connectivity index (χ1n) is 5.02. The lowest BCUT2D eigenvalue weighted by Gasteiger charge is -2.06. The molecule has 4 N–H and O–H groups in total. The van der Waals surface area contributed by atoms with Crippen LogP contribution >= 0.6 is 0 Å². The highest BCUT2D eigenvalue weighted by Gasteiger charge is 2.34. The Morgan fingerprint density at radius 1 is 1.44 bits per heavy atom. The molecule has 0 aliphatic heterocycles. The molecule has 0 saturated heterocycles. The van der Waals surface area contributed by atoms with Crippen molar-refractivity contribution in [1.29, 1.82) is 5.26 Å². The van der Waals surface area contributed by atoms with Crippen molar-refractivity contribution in [2.75, 3.05) is 5.32 Å². The van der Waals surface area contributed by atoms with Gasteiger partial charge in [0, 0.05) is 17.8 Å². The molecule has 0 spiro atoms. The molecule has 0 heterocycles. The second-order valence-corrected chi connectivity index (χ2v) is 3.79. The number of nitrogens with zero attached hydrogens (tertiary/aromatic N) is 1. The van der Waals surface area contributed by atoms with Crippen LogP contribution in [0.2, 0.25) is 0 Å². The number of hydrogen-bond acceptors (Lipinski definition) is 3. The van der Waals surface area contributed by atoms with Gasteiger partial charge in [-0.05, 0) is 30.7 Å². The highest BCUT2D eigenvalue weighted by molar-refractivity contribution is 5.89. The number of benzene rings is 1. The number of nitrogens with one attached hydrogen (secondary N) is 2. The zero-order valence-corrected chi connectivity index (χ0v) is 8.60. The summed E-state index contributed by atoms with van der Waals surface area (Å²) < 4.78 is 0. The number of rotatable bonds is 2. The van der Waals surface area contributed by atoms with E-state index in [0.717, 1.165) is 6.42 Å². The molecule has 16 heavy (non-hydrogen) atoms. The molecule has 2 amide bonds. The topological polar surface area (TPSA) is 90.9 Å². The van der Waals surface area contributed by atoms with Gasteiger partial charge in [0.1, 0.15) is 0 Å². The van der Waals surface area contributed by atoms with Crippen molar-refractivity contribution in [3.63, 3.8) is 0 Å². The lowest BCUT2D eigenvalue weighted by molar-refractivity contribution is 0.251. The number of carbonyl (C=O) groups is 1. The van der Waals surface area contributed by atoms with E-state index in [1.54, 1.807) is 24.3 Å². The third kappa shape index (κ3) is 2.49. The Morgan fingerprint density at radius 3 is 2.56 bits per heavy atom. The number of anilines is 1. The van der Waals surface area contributed by atoms with Gasteiger partial charge in [-0.1, -0.05) is 0 Å². The predicted octanol–water partition coefficient (Wildman–Crippen LogP) is 0.779. The quantitative estimate of drug-likeness (QED) is 0.682. The molecule has 1 aliphatic rings. The van der Waals surface area contributed by atoms with Crippen molar-refractivity contribution in [3.8, 4) is 6.07 Å². The van der Waals surface area contributed by atoms with Crippen LogP contribution in [0.4, 0.5) is 10.5 Å². The van der Waals surface area contributed by atoms with Gasteiger partial charge in [0.2, 0.25) is 0 Å². The van der Waals surface area contributed by atoms with Gasteiger partial charge < -0.3 is 16.4 Å². The van der Waals surface area contributed by atoms with Gasteiger partial charge in [-0.25, -0.2) is 4.79 Å². The maximum Gasteiger partial charge on any atom is 0.319 e. The zero-order valence-electron chi connectivity index (χ0n) is 8.60. The molecule has 1 aromatic carbocycles. The van der Waals surface area contributed by atoms with Crippen LogP contribution in [-0.2, 0) is 0 Å². The number of nitrogens with two attached hydrogens (primary N) is 1. The average molecular weight is 216 g/mol. The van der Waals surface area contributed by atoms with Gasteiger partial charge in [-0.3, -0.25) is 0 Å². The summed E-state index contributed by atoms with van der Waals surface area (Å²) in [5.74, 6) is 0. The third-order valence-corrected chi connectivity index (χ3v) is 2.43. The van der Waals surface area contributed by atoms with Gasteiger partial charge in [0.15, 0.2) is 0 Å². The predicted molar refractivity (Wildman–Crippen MR) is 59.7 cm³/mol. The van der Waals surface area contributed by atoms with E-state index in [9.17, 15) is 4.79 Å². The molecule has 1 aromatic rings. The fourth-order valence-electron chi connectivity index (χ4n) is 1.34. The molecule has 0 bridgehead atoms. The highest BCUT2D eigenvalue weighted by atomic mass is 16.2. The van der Waals surface area contributed by atoms with Crippen LogP contribution in [0.5, 0.6) is 0 Å². The number of urea groups is 1. The van der Waals surface area contributed by atoms with Crippen LogP contribution in [0.15, 0.2) is 24.3 Å². The SMILES string of the molecule is N#Cc1ccc(NC(=O)NC2CC2N)cc1. The van der Waals surface area contributed by atoms with E-state index in [4.69, 9.17) is 11.0 Å². The molecule has 82 valence electrons. The van der Waals surface area contributed by atoms with E-state index in [0.29, 0.717) is 11.3 Å². The summed E-state index contributed by atoms with van der Waals surface area (Å²) in [5.41, 5.74) is 6.79. The molecule has 5 heteroatoms. The fourth-order valence-corrected chi connectivity index (χ4v) is 1.34. The van der Waals surface area contributed by atoms with Crippen LogP contribution < -0.4 is 16.4 Å². The standard InChI is InChI=1S/C11H12N4O/c12-6-7-1-3-8(4-2-7)14-11(16)15-10-5-9(10)13/h1-4,9-10H,5,13H2,(H2,14,15,16). The Morgan fingerprint density at radius 2 is 2.06 bits per heavy atom. The van der Waals surface area contributed by atoms with Gasteiger partial charge in [0.25, 0.3) is 0 Å².